The average Bonchev–Trinajstić information content (AvgIpc) is 2.85. The van der Waals surface area contributed by atoms with Crippen molar-refractivity contribution < 1.29 is 9.72 Å². The van der Waals surface area contributed by atoms with E-state index in [1.54, 1.807) is 24.3 Å². The van der Waals surface area contributed by atoms with Crippen LogP contribution < -0.4 is 5.32 Å². The third-order valence-electron chi connectivity index (χ3n) is 4.35. The molecule has 1 heterocycles. The van der Waals surface area contributed by atoms with Gasteiger partial charge in [-0.25, -0.2) is 4.99 Å². The zero-order valence-electron chi connectivity index (χ0n) is 14.7. The molecule has 3 aromatic carbocycles. The molecule has 0 fully saturated rings. The first-order valence-corrected chi connectivity index (χ1v) is 8.63. The van der Waals surface area contributed by atoms with Gasteiger partial charge < -0.3 is 5.32 Å². The maximum Gasteiger partial charge on any atom is 0.269 e. The first-order chi connectivity index (χ1) is 13.6. The van der Waals surface area contributed by atoms with Gasteiger partial charge in [0.25, 0.3) is 11.6 Å². The summed E-state index contributed by atoms with van der Waals surface area (Å²) in [7, 11) is 0. The van der Waals surface area contributed by atoms with Crippen LogP contribution in [0, 0.1) is 10.1 Å². The van der Waals surface area contributed by atoms with Crippen LogP contribution in [0.4, 0.5) is 17.1 Å². The van der Waals surface area contributed by atoms with Gasteiger partial charge in [-0.15, -0.1) is 0 Å². The van der Waals surface area contributed by atoms with Crippen molar-refractivity contribution in [1.82, 2.24) is 0 Å². The van der Waals surface area contributed by atoms with Gasteiger partial charge in [-0.2, -0.15) is 0 Å². The fourth-order valence-electron chi connectivity index (χ4n) is 2.96. The molecule has 1 aliphatic rings. The number of nitrogens with zero attached hydrogens (tertiary/aromatic N) is 2. The van der Waals surface area contributed by atoms with Crippen LogP contribution >= 0.6 is 0 Å². The first kappa shape index (κ1) is 17.4. The number of amides is 1. The summed E-state index contributed by atoms with van der Waals surface area (Å²) in [5.74, 6) is -0.286. The molecule has 1 N–H and O–H groups in total. The Morgan fingerprint density at radius 2 is 1.57 bits per heavy atom. The summed E-state index contributed by atoms with van der Waals surface area (Å²) in [6.07, 6.45) is 1.69. The minimum atomic E-state index is -0.456. The predicted octanol–water partition coefficient (Wildman–Crippen LogP) is 4.75. The minimum Gasteiger partial charge on any atom is -0.320 e. The molecule has 0 aromatic heterocycles. The van der Waals surface area contributed by atoms with E-state index in [9.17, 15) is 14.9 Å². The first-order valence-electron chi connectivity index (χ1n) is 8.63. The molecule has 0 atom stereocenters. The van der Waals surface area contributed by atoms with E-state index < -0.39 is 4.92 Å². The monoisotopic (exact) mass is 369 g/mol. The largest absolute Gasteiger partial charge is 0.320 e. The third-order valence-corrected chi connectivity index (χ3v) is 4.35. The van der Waals surface area contributed by atoms with Gasteiger partial charge in [-0.05, 0) is 35.9 Å². The quantitative estimate of drug-likeness (QED) is 0.411. The lowest BCUT2D eigenvalue weighted by atomic mass is 9.99. The highest BCUT2D eigenvalue weighted by atomic mass is 16.6. The lowest BCUT2D eigenvalue weighted by Crippen LogP contribution is -2.19. The molecule has 4 rings (SSSR count). The molecule has 3 aromatic rings. The van der Waals surface area contributed by atoms with Crippen molar-refractivity contribution in [3.8, 4) is 0 Å². The Hall–Kier alpha value is -4.06. The molecule has 0 unspecified atom stereocenters. The molecule has 1 amide bonds. The Morgan fingerprint density at radius 3 is 2.29 bits per heavy atom. The van der Waals surface area contributed by atoms with E-state index in [1.807, 2.05) is 48.5 Å². The van der Waals surface area contributed by atoms with Crippen LogP contribution in [-0.2, 0) is 4.79 Å². The number of fused-ring (bicyclic) bond motifs is 1. The van der Waals surface area contributed by atoms with Crippen molar-refractivity contribution in [3.63, 3.8) is 0 Å². The molecule has 6 nitrogen and oxygen atoms in total. The standard InChI is InChI=1S/C22H15N3O3/c26-22-18(14-15-10-12-17(13-11-15)25(27)28)21(16-6-2-1-3-7-16)23-19-8-4-5-9-20(19)24-22/h1-14H,(H,24,26). The second kappa shape index (κ2) is 7.28. The SMILES string of the molecule is O=C1Nc2ccccc2N=C(c2ccccc2)C1=Cc1ccc([N+](=O)[O-])cc1. The highest BCUT2D eigenvalue weighted by Crippen LogP contribution is 2.31. The van der Waals surface area contributed by atoms with E-state index in [1.165, 1.54) is 12.1 Å². The lowest BCUT2D eigenvalue weighted by molar-refractivity contribution is -0.384. The Labute approximate surface area is 161 Å². The summed E-state index contributed by atoms with van der Waals surface area (Å²) in [5, 5.41) is 13.8. The van der Waals surface area contributed by atoms with E-state index in [4.69, 9.17) is 4.99 Å². The molecule has 0 spiro atoms. The van der Waals surface area contributed by atoms with Crippen LogP contribution in [0.15, 0.2) is 89.4 Å². The van der Waals surface area contributed by atoms with Gasteiger partial charge in [0.2, 0.25) is 0 Å². The number of benzene rings is 3. The van der Waals surface area contributed by atoms with Gasteiger partial charge in [-0.1, -0.05) is 42.5 Å². The van der Waals surface area contributed by atoms with Crippen molar-refractivity contribution in [2.75, 3.05) is 5.32 Å². The molecule has 1 aliphatic heterocycles. The summed E-state index contributed by atoms with van der Waals surface area (Å²) in [6.45, 7) is 0. The lowest BCUT2D eigenvalue weighted by Gasteiger charge is -2.09. The van der Waals surface area contributed by atoms with Crippen LogP contribution in [0.1, 0.15) is 11.1 Å². The van der Waals surface area contributed by atoms with Crippen molar-refractivity contribution in [2.24, 2.45) is 4.99 Å². The maximum atomic E-state index is 13.0. The van der Waals surface area contributed by atoms with E-state index in [0.717, 1.165) is 5.56 Å². The average molecular weight is 369 g/mol. The molecule has 0 saturated carbocycles. The second-order valence-corrected chi connectivity index (χ2v) is 6.20. The molecule has 28 heavy (non-hydrogen) atoms. The predicted molar refractivity (Wildman–Crippen MR) is 109 cm³/mol. The number of nitrogens with one attached hydrogen (secondary N) is 1. The zero-order valence-corrected chi connectivity index (χ0v) is 14.7. The van der Waals surface area contributed by atoms with Gasteiger partial charge in [0.1, 0.15) is 0 Å². The smallest absolute Gasteiger partial charge is 0.269 e. The topological polar surface area (TPSA) is 84.6 Å². The molecule has 6 heteroatoms. The molecule has 0 bridgehead atoms. The number of hydrogen-bond donors (Lipinski definition) is 1. The molecular weight excluding hydrogens is 354 g/mol. The molecular formula is C22H15N3O3. The summed E-state index contributed by atoms with van der Waals surface area (Å²) >= 11 is 0. The fourth-order valence-corrected chi connectivity index (χ4v) is 2.96. The van der Waals surface area contributed by atoms with Gasteiger partial charge >= 0.3 is 0 Å². The number of hydrogen-bond acceptors (Lipinski definition) is 4. The Balaban J connectivity index is 1.86. The van der Waals surface area contributed by atoms with Gasteiger partial charge in [0.15, 0.2) is 0 Å². The number of carbonyl (C=O) groups is 1. The number of rotatable bonds is 3. The summed E-state index contributed by atoms with van der Waals surface area (Å²) in [6, 6.07) is 22.8. The van der Waals surface area contributed by atoms with E-state index in [-0.39, 0.29) is 11.6 Å². The normalized spacial score (nSPS) is 14.6. The van der Waals surface area contributed by atoms with Crippen LogP contribution in [-0.4, -0.2) is 16.5 Å². The Kier molecular flexibility index (Phi) is 4.51. The highest BCUT2D eigenvalue weighted by molar-refractivity contribution is 6.35. The number of nitro benzene ring substituents is 1. The number of para-hydroxylation sites is 2. The zero-order chi connectivity index (χ0) is 19.5. The maximum absolute atomic E-state index is 13.0. The van der Waals surface area contributed by atoms with Gasteiger partial charge in [0, 0.05) is 17.7 Å². The van der Waals surface area contributed by atoms with E-state index in [2.05, 4.69) is 5.32 Å². The minimum absolute atomic E-state index is 0.00294. The third kappa shape index (κ3) is 3.43. The number of carbonyl (C=O) groups excluding carboxylic acids is 1. The molecule has 136 valence electrons. The number of aliphatic imine (C=N–C) groups is 1. The van der Waals surface area contributed by atoms with Crippen LogP contribution in [0.25, 0.3) is 6.08 Å². The summed E-state index contributed by atoms with van der Waals surface area (Å²) < 4.78 is 0. The van der Waals surface area contributed by atoms with Gasteiger partial charge in [0.05, 0.1) is 27.6 Å². The molecule has 0 saturated heterocycles. The van der Waals surface area contributed by atoms with Crippen molar-refractivity contribution in [1.29, 1.82) is 0 Å². The van der Waals surface area contributed by atoms with E-state index >= 15 is 0 Å². The van der Waals surface area contributed by atoms with E-state index in [0.29, 0.717) is 28.2 Å². The number of non-ortho nitro benzene ring substituents is 1. The van der Waals surface area contributed by atoms with Crippen molar-refractivity contribution >= 4 is 34.8 Å². The van der Waals surface area contributed by atoms with Gasteiger partial charge in [-0.3, -0.25) is 14.9 Å². The number of nitro groups is 1. The van der Waals surface area contributed by atoms with Crippen molar-refractivity contribution in [2.45, 2.75) is 0 Å². The highest BCUT2D eigenvalue weighted by Gasteiger charge is 2.23. The fraction of sp³-hybridized carbons (Fsp3) is 0. The second-order valence-electron chi connectivity index (χ2n) is 6.20. The van der Waals surface area contributed by atoms with Crippen LogP contribution in [0.2, 0.25) is 0 Å². The number of anilines is 1. The van der Waals surface area contributed by atoms with Crippen LogP contribution in [0.5, 0.6) is 0 Å². The molecule has 0 radical (unpaired) electrons. The Morgan fingerprint density at radius 1 is 0.893 bits per heavy atom. The summed E-state index contributed by atoms with van der Waals surface area (Å²) in [5.41, 5.74) is 3.71. The van der Waals surface area contributed by atoms with Crippen LogP contribution in [0.3, 0.4) is 0 Å². The Bertz CT molecular complexity index is 1120. The summed E-state index contributed by atoms with van der Waals surface area (Å²) in [4.78, 5) is 28.1. The van der Waals surface area contributed by atoms with Crippen molar-refractivity contribution in [3.05, 3.63) is 106 Å². The molecule has 0 aliphatic carbocycles.